The molecule has 0 N–H and O–H groups in total. The zero-order chi connectivity index (χ0) is 5.28. The van der Waals surface area contributed by atoms with Gasteiger partial charge in [-0.25, -0.2) is 0 Å². The van der Waals surface area contributed by atoms with Crippen molar-refractivity contribution in [1.29, 1.82) is 0 Å². The van der Waals surface area contributed by atoms with Crippen molar-refractivity contribution in [3.05, 3.63) is 11.1 Å². The van der Waals surface area contributed by atoms with Gasteiger partial charge >= 0.3 is 0 Å². The Bertz CT molecular complexity index is 148. The minimum atomic E-state index is 0. The molecular weight excluding hydrogens is 309 g/mol. The van der Waals surface area contributed by atoms with E-state index in [0.717, 1.165) is 10.4 Å². The third-order valence-corrected chi connectivity index (χ3v) is 1.76. The van der Waals surface area contributed by atoms with Crippen LogP contribution in [-0.2, 0) is 21.1 Å². The number of hydrogen-bond donors (Lipinski definition) is 0. The van der Waals surface area contributed by atoms with Crippen LogP contribution in [0.25, 0.3) is 0 Å². The quantitative estimate of drug-likeness (QED) is 0.509. The Morgan fingerprint density at radius 3 is 2.50 bits per heavy atom. The van der Waals surface area contributed by atoms with Gasteiger partial charge in [-0.15, -0.1) is 0 Å². The Labute approximate surface area is 69.4 Å². The van der Waals surface area contributed by atoms with E-state index in [9.17, 15) is 0 Å². The first-order chi connectivity index (χ1) is 3.29. The van der Waals surface area contributed by atoms with Crippen LogP contribution < -0.4 is 4.75 Å². The third kappa shape index (κ3) is 2.35. The van der Waals surface area contributed by atoms with Gasteiger partial charge in [0.1, 0.15) is 0 Å². The van der Waals surface area contributed by atoms with Crippen LogP contribution >= 0.6 is 20.6 Å². The second kappa shape index (κ2) is 3.71. The van der Waals surface area contributed by atoms with Gasteiger partial charge in [-0.1, -0.05) is 5.69 Å². The average Bonchev–Trinajstić information content (AvgIpc) is 1.87. The molecule has 0 fully saturated rings. The molecular formula is C4H5NPSW-. The van der Waals surface area contributed by atoms with Crippen LogP contribution in [-0.4, -0.2) is 4.98 Å². The van der Waals surface area contributed by atoms with E-state index in [0.29, 0.717) is 0 Å². The molecule has 0 saturated carbocycles. The van der Waals surface area contributed by atoms with Gasteiger partial charge < -0.3 is 16.3 Å². The van der Waals surface area contributed by atoms with Crippen molar-refractivity contribution in [3.63, 3.8) is 0 Å². The fraction of sp³-hybridized carbons (Fsp3) is 0.250. The van der Waals surface area contributed by atoms with E-state index >= 15 is 0 Å². The van der Waals surface area contributed by atoms with Crippen LogP contribution in [0.15, 0.2) is 0 Å². The Morgan fingerprint density at radius 1 is 1.75 bits per heavy atom. The van der Waals surface area contributed by atoms with Crippen LogP contribution in [0, 0.1) is 12.3 Å². The molecule has 0 bridgehead atoms. The third-order valence-electron chi connectivity index (χ3n) is 0.581. The average molecular weight is 314 g/mol. The minimum Gasteiger partial charge on any atom is -0.357 e. The van der Waals surface area contributed by atoms with Crippen molar-refractivity contribution in [2.24, 2.45) is 0 Å². The summed E-state index contributed by atoms with van der Waals surface area (Å²) in [5.74, 6) is 0. The number of hydrogen-bond acceptors (Lipinski definition) is 2. The molecule has 8 heavy (non-hydrogen) atoms. The maximum Gasteiger partial charge on any atom is 0 e. The molecule has 0 amide bonds. The molecule has 1 rings (SSSR count). The SMILES string of the molecule is Cc1[c-]sc(P)n1.[W]. The predicted octanol–water partition coefficient (Wildman–Crippen LogP) is 0.750. The number of rotatable bonds is 0. The van der Waals surface area contributed by atoms with Gasteiger partial charge in [0.05, 0.1) is 0 Å². The molecule has 1 atom stereocenters. The van der Waals surface area contributed by atoms with Crippen molar-refractivity contribution >= 4 is 25.3 Å². The summed E-state index contributed by atoms with van der Waals surface area (Å²) < 4.78 is 1.01. The van der Waals surface area contributed by atoms with Crippen molar-refractivity contribution < 1.29 is 21.1 Å². The van der Waals surface area contributed by atoms with Gasteiger partial charge in [0, 0.05) is 21.1 Å². The summed E-state index contributed by atoms with van der Waals surface area (Å²) in [5, 5.41) is 2.98. The van der Waals surface area contributed by atoms with E-state index in [1.807, 2.05) is 6.92 Å². The molecule has 1 aromatic rings. The van der Waals surface area contributed by atoms with Gasteiger partial charge in [0.15, 0.2) is 0 Å². The zero-order valence-corrected chi connectivity index (χ0v) is 9.25. The van der Waals surface area contributed by atoms with Gasteiger partial charge in [-0.2, -0.15) is 14.6 Å². The van der Waals surface area contributed by atoms with Crippen LogP contribution in [0.3, 0.4) is 0 Å². The van der Waals surface area contributed by atoms with Crippen LogP contribution in [0.5, 0.6) is 0 Å². The molecule has 1 unspecified atom stereocenters. The fourth-order valence-electron chi connectivity index (χ4n) is 0.337. The summed E-state index contributed by atoms with van der Waals surface area (Å²) in [5.41, 5.74) is 0.981. The maximum atomic E-state index is 4.04. The standard InChI is InChI=1S/C4H5NPS.W/c1-3-2-7-4(6)5-3;/h6H2,1H3;/q-1;. The van der Waals surface area contributed by atoms with Crippen molar-refractivity contribution in [2.75, 3.05) is 0 Å². The summed E-state index contributed by atoms with van der Waals surface area (Å²) in [4.78, 5) is 4.04. The van der Waals surface area contributed by atoms with E-state index in [1.54, 1.807) is 0 Å². The molecule has 0 spiro atoms. The Hall–Kier alpha value is 0.748. The van der Waals surface area contributed by atoms with Crippen molar-refractivity contribution in [2.45, 2.75) is 6.92 Å². The van der Waals surface area contributed by atoms with E-state index in [-0.39, 0.29) is 21.1 Å². The second-order valence-electron chi connectivity index (χ2n) is 1.24. The molecule has 0 aliphatic carbocycles. The van der Waals surface area contributed by atoms with Gasteiger partial charge in [-0.05, 0) is 11.7 Å². The van der Waals surface area contributed by atoms with E-state index in [1.165, 1.54) is 11.3 Å². The Balaban J connectivity index is 0.000000490. The molecule has 0 saturated heterocycles. The summed E-state index contributed by atoms with van der Waals surface area (Å²) in [6, 6.07) is 0. The molecule has 4 heteroatoms. The van der Waals surface area contributed by atoms with Crippen molar-refractivity contribution in [3.8, 4) is 0 Å². The first-order valence-electron chi connectivity index (χ1n) is 1.89. The molecule has 0 aliphatic rings. The fourth-order valence-corrected chi connectivity index (χ4v) is 1.19. The van der Waals surface area contributed by atoms with E-state index in [4.69, 9.17) is 0 Å². The molecule has 1 heterocycles. The van der Waals surface area contributed by atoms with Crippen LogP contribution in [0.2, 0.25) is 0 Å². The summed E-state index contributed by atoms with van der Waals surface area (Å²) in [7, 11) is 2.53. The normalized spacial score (nSPS) is 8.25. The van der Waals surface area contributed by atoms with Crippen LogP contribution in [0.4, 0.5) is 0 Å². The summed E-state index contributed by atoms with van der Waals surface area (Å²) in [6.45, 7) is 1.93. The molecule has 44 valence electrons. The molecule has 1 aromatic heterocycles. The second-order valence-corrected chi connectivity index (χ2v) is 3.03. The van der Waals surface area contributed by atoms with Crippen molar-refractivity contribution in [1.82, 2.24) is 4.98 Å². The van der Waals surface area contributed by atoms with Crippen LogP contribution in [0.1, 0.15) is 5.69 Å². The zero-order valence-electron chi connectivity index (χ0n) is 4.34. The summed E-state index contributed by atoms with van der Waals surface area (Å²) in [6.07, 6.45) is 0. The topological polar surface area (TPSA) is 12.9 Å². The minimum absolute atomic E-state index is 0. The first kappa shape index (κ1) is 8.75. The van der Waals surface area contributed by atoms with E-state index < -0.39 is 0 Å². The Kier molecular flexibility index (Phi) is 4.06. The first-order valence-corrected chi connectivity index (χ1v) is 3.29. The monoisotopic (exact) mass is 314 g/mol. The number of nitrogens with zero attached hydrogens (tertiary/aromatic N) is 1. The van der Waals surface area contributed by atoms with Gasteiger partial charge in [0.25, 0.3) is 0 Å². The number of aromatic nitrogens is 1. The maximum absolute atomic E-state index is 4.04. The molecule has 0 radical (unpaired) electrons. The summed E-state index contributed by atoms with van der Waals surface area (Å²) >= 11 is 1.53. The molecule has 0 aromatic carbocycles. The van der Waals surface area contributed by atoms with Gasteiger partial charge in [-0.3, -0.25) is 0 Å². The largest absolute Gasteiger partial charge is 0.357 e. The predicted molar refractivity (Wildman–Crippen MR) is 35.0 cm³/mol. The number of aryl methyl sites for hydroxylation is 1. The van der Waals surface area contributed by atoms with E-state index in [2.05, 4.69) is 19.6 Å². The molecule has 0 aliphatic heterocycles. The van der Waals surface area contributed by atoms with Gasteiger partial charge in [0.2, 0.25) is 0 Å². The Morgan fingerprint density at radius 2 is 2.38 bits per heavy atom. The number of thiazole rings is 1. The molecule has 1 nitrogen and oxygen atoms in total. The smallest absolute Gasteiger partial charge is 0 e.